The number of nitrogens with zero attached hydrogens (tertiary/aromatic N) is 1. The average molecular weight is 209 g/mol. The average Bonchev–Trinajstić information content (AvgIpc) is 2.92. The van der Waals surface area contributed by atoms with Gasteiger partial charge in [-0.05, 0) is 18.8 Å². The van der Waals surface area contributed by atoms with Crippen molar-refractivity contribution in [3.63, 3.8) is 0 Å². The van der Waals surface area contributed by atoms with Crippen molar-refractivity contribution in [3.8, 4) is 0 Å². The number of carbonyl (C=O) groups is 2. The lowest BCUT2D eigenvalue weighted by molar-refractivity contribution is -0.149. The Labute approximate surface area is 88.6 Å². The summed E-state index contributed by atoms with van der Waals surface area (Å²) in [5.41, 5.74) is 0. The summed E-state index contributed by atoms with van der Waals surface area (Å²) in [6, 6.07) is -0.595. The largest absolute Gasteiger partial charge is 0.480 e. The first kappa shape index (κ1) is 10.2. The number of carboxylic acids is 1. The first-order valence-electron chi connectivity index (χ1n) is 5.28. The summed E-state index contributed by atoms with van der Waals surface area (Å²) in [6.07, 6.45) is 4.02. The van der Waals surface area contributed by atoms with Gasteiger partial charge in [0.15, 0.2) is 0 Å². The Kier molecular flexibility index (Phi) is 2.50. The van der Waals surface area contributed by atoms with Gasteiger partial charge in [0.05, 0.1) is 0 Å². The van der Waals surface area contributed by atoms with Crippen LogP contribution in [0, 0.1) is 11.8 Å². The van der Waals surface area contributed by atoms with E-state index in [2.05, 4.69) is 6.58 Å². The van der Waals surface area contributed by atoms with Crippen LogP contribution in [0.5, 0.6) is 0 Å². The van der Waals surface area contributed by atoms with Gasteiger partial charge in [-0.25, -0.2) is 4.79 Å². The van der Waals surface area contributed by atoms with Crippen molar-refractivity contribution in [1.82, 2.24) is 4.90 Å². The van der Waals surface area contributed by atoms with Gasteiger partial charge in [-0.2, -0.15) is 0 Å². The summed E-state index contributed by atoms with van der Waals surface area (Å²) in [4.78, 5) is 24.2. The van der Waals surface area contributed by atoms with Crippen molar-refractivity contribution in [2.24, 2.45) is 11.8 Å². The Hall–Kier alpha value is -1.32. The molecule has 1 aliphatic carbocycles. The van der Waals surface area contributed by atoms with E-state index < -0.39 is 12.0 Å². The number of carbonyl (C=O) groups excluding carboxylic acids is 1. The van der Waals surface area contributed by atoms with Crippen LogP contribution < -0.4 is 0 Å². The highest BCUT2D eigenvalue weighted by Gasteiger charge is 2.45. The maximum absolute atomic E-state index is 11.6. The minimum absolute atomic E-state index is 0.0424. The molecule has 0 aromatic heterocycles. The molecule has 82 valence electrons. The fourth-order valence-corrected chi connectivity index (χ4v) is 2.19. The summed E-state index contributed by atoms with van der Waals surface area (Å²) < 4.78 is 0. The highest BCUT2D eigenvalue weighted by atomic mass is 16.4. The van der Waals surface area contributed by atoms with E-state index in [1.807, 2.05) is 0 Å². The van der Waals surface area contributed by atoms with Crippen molar-refractivity contribution in [3.05, 3.63) is 12.7 Å². The molecule has 4 nitrogen and oxygen atoms in total. The van der Waals surface area contributed by atoms with Gasteiger partial charge in [0, 0.05) is 18.9 Å². The van der Waals surface area contributed by atoms with E-state index in [0.29, 0.717) is 13.0 Å². The number of carboxylic acid groups (broad SMARTS) is 1. The zero-order valence-electron chi connectivity index (χ0n) is 8.56. The summed E-state index contributed by atoms with van der Waals surface area (Å²) in [7, 11) is 0. The third-order valence-electron chi connectivity index (χ3n) is 3.18. The second-order valence-corrected chi connectivity index (χ2v) is 4.37. The number of amides is 1. The van der Waals surface area contributed by atoms with Gasteiger partial charge in [0.25, 0.3) is 0 Å². The van der Waals surface area contributed by atoms with Crippen molar-refractivity contribution in [1.29, 1.82) is 0 Å². The summed E-state index contributed by atoms with van der Waals surface area (Å²) in [5.74, 6) is -0.608. The second kappa shape index (κ2) is 3.68. The van der Waals surface area contributed by atoms with E-state index in [1.54, 1.807) is 6.08 Å². The van der Waals surface area contributed by atoms with Crippen molar-refractivity contribution < 1.29 is 14.7 Å². The second-order valence-electron chi connectivity index (χ2n) is 4.37. The molecule has 2 fully saturated rings. The van der Waals surface area contributed by atoms with Gasteiger partial charge in [0.2, 0.25) is 5.91 Å². The molecule has 1 amide bonds. The summed E-state index contributed by atoms with van der Waals surface area (Å²) in [6.45, 7) is 4.17. The zero-order chi connectivity index (χ0) is 11.0. The molecule has 0 bridgehead atoms. The van der Waals surface area contributed by atoms with Gasteiger partial charge >= 0.3 is 5.97 Å². The fourth-order valence-electron chi connectivity index (χ4n) is 2.19. The normalized spacial score (nSPS) is 27.9. The van der Waals surface area contributed by atoms with E-state index >= 15 is 0 Å². The first-order valence-corrected chi connectivity index (χ1v) is 5.28. The molecule has 15 heavy (non-hydrogen) atoms. The molecule has 2 rings (SSSR count). The van der Waals surface area contributed by atoms with Crippen molar-refractivity contribution in [2.75, 3.05) is 6.54 Å². The summed E-state index contributed by atoms with van der Waals surface area (Å²) in [5, 5.41) is 9.10. The molecule has 1 saturated carbocycles. The van der Waals surface area contributed by atoms with E-state index in [-0.39, 0.29) is 17.7 Å². The molecule has 1 heterocycles. The molecule has 2 aliphatic rings. The summed E-state index contributed by atoms with van der Waals surface area (Å²) >= 11 is 0. The van der Waals surface area contributed by atoms with E-state index in [4.69, 9.17) is 5.11 Å². The number of likely N-dealkylation sites (tertiary alicyclic amines) is 1. The molecular weight excluding hydrogens is 194 g/mol. The molecule has 4 heteroatoms. The molecular formula is C11H15NO3. The predicted octanol–water partition coefficient (Wildman–Crippen LogP) is 0.884. The number of aliphatic carboxylic acids is 1. The third kappa shape index (κ3) is 1.89. The maximum Gasteiger partial charge on any atom is 0.326 e. The molecule has 1 N–H and O–H groups in total. The Morgan fingerprint density at radius 3 is 2.67 bits per heavy atom. The lowest BCUT2D eigenvalue weighted by Crippen LogP contribution is -2.43. The minimum atomic E-state index is -0.865. The van der Waals surface area contributed by atoms with Gasteiger partial charge in [-0.3, -0.25) is 4.79 Å². The van der Waals surface area contributed by atoms with Gasteiger partial charge in [-0.15, -0.1) is 6.58 Å². The Morgan fingerprint density at radius 2 is 2.27 bits per heavy atom. The SMILES string of the molecule is C=CC1CC(=O)N([C@H](C(=O)O)C2CC2)C1. The lowest BCUT2D eigenvalue weighted by atomic mass is 10.1. The van der Waals surface area contributed by atoms with E-state index in [9.17, 15) is 9.59 Å². The fraction of sp³-hybridized carbons (Fsp3) is 0.636. The Balaban J connectivity index is 2.10. The highest BCUT2D eigenvalue weighted by Crippen LogP contribution is 2.37. The van der Waals surface area contributed by atoms with Crippen LogP contribution in [0.2, 0.25) is 0 Å². The Morgan fingerprint density at radius 1 is 1.60 bits per heavy atom. The number of hydrogen-bond acceptors (Lipinski definition) is 2. The van der Waals surface area contributed by atoms with E-state index in [0.717, 1.165) is 12.8 Å². The lowest BCUT2D eigenvalue weighted by Gasteiger charge is -2.24. The predicted molar refractivity (Wildman–Crippen MR) is 54.2 cm³/mol. The smallest absolute Gasteiger partial charge is 0.326 e. The van der Waals surface area contributed by atoms with Crippen LogP contribution in [0.15, 0.2) is 12.7 Å². The van der Waals surface area contributed by atoms with Crippen LogP contribution in [0.3, 0.4) is 0 Å². The third-order valence-corrected chi connectivity index (χ3v) is 3.18. The molecule has 2 atom stereocenters. The molecule has 0 aromatic rings. The van der Waals surface area contributed by atoms with Crippen LogP contribution >= 0.6 is 0 Å². The van der Waals surface area contributed by atoms with Crippen LogP contribution in [0.4, 0.5) is 0 Å². The molecule has 1 saturated heterocycles. The molecule has 1 unspecified atom stereocenters. The van der Waals surface area contributed by atoms with Crippen LogP contribution in [0.1, 0.15) is 19.3 Å². The zero-order valence-corrected chi connectivity index (χ0v) is 8.56. The number of rotatable bonds is 4. The Bertz CT molecular complexity index is 309. The minimum Gasteiger partial charge on any atom is -0.480 e. The molecule has 0 spiro atoms. The van der Waals surface area contributed by atoms with Gasteiger partial charge in [-0.1, -0.05) is 6.08 Å². The molecule has 0 radical (unpaired) electrons. The quantitative estimate of drug-likeness (QED) is 0.699. The number of hydrogen-bond donors (Lipinski definition) is 1. The van der Waals surface area contributed by atoms with Gasteiger partial charge in [0.1, 0.15) is 6.04 Å². The maximum atomic E-state index is 11.6. The highest BCUT2D eigenvalue weighted by molar-refractivity contribution is 5.86. The van der Waals surface area contributed by atoms with Crippen LogP contribution in [-0.4, -0.2) is 34.5 Å². The van der Waals surface area contributed by atoms with Crippen molar-refractivity contribution in [2.45, 2.75) is 25.3 Å². The topological polar surface area (TPSA) is 57.6 Å². The standard InChI is InChI=1S/C11H15NO3/c1-2-7-5-9(13)12(6-7)10(11(14)15)8-3-4-8/h2,7-8,10H,1,3-6H2,(H,14,15)/t7?,10-/m0/s1. The van der Waals surface area contributed by atoms with Gasteiger partial charge < -0.3 is 10.0 Å². The first-order chi connectivity index (χ1) is 7.13. The van der Waals surface area contributed by atoms with Crippen LogP contribution in [0.25, 0.3) is 0 Å². The molecule has 1 aliphatic heterocycles. The van der Waals surface area contributed by atoms with E-state index in [1.165, 1.54) is 4.90 Å². The molecule has 0 aromatic carbocycles. The van der Waals surface area contributed by atoms with Crippen molar-refractivity contribution >= 4 is 11.9 Å². The van der Waals surface area contributed by atoms with Crippen LogP contribution in [-0.2, 0) is 9.59 Å². The monoisotopic (exact) mass is 209 g/mol.